The third kappa shape index (κ3) is 2.97. The number of hydrogen-bond donors (Lipinski definition) is 0. The molecule has 0 aliphatic carbocycles. The number of fused-ring (bicyclic) bond motifs is 4. The van der Waals surface area contributed by atoms with E-state index in [2.05, 4.69) is 27.9 Å². The number of hydrogen-bond acceptors (Lipinski definition) is 3. The van der Waals surface area contributed by atoms with Crippen molar-refractivity contribution in [3.63, 3.8) is 0 Å². The molecule has 0 aliphatic rings. The molecule has 0 radical (unpaired) electrons. The van der Waals surface area contributed by atoms with E-state index in [0.29, 0.717) is 11.1 Å². The lowest BCUT2D eigenvalue weighted by molar-refractivity contribution is 0.836. The highest BCUT2D eigenvalue weighted by atomic mass is 35.5. The first-order valence-electron chi connectivity index (χ1n) is 9.92. The largest absolute Gasteiger partial charge is 0.342 e. The fraction of sp³-hybridized carbons (Fsp3) is 0.0400. The lowest BCUT2D eigenvalue weighted by Crippen LogP contribution is -2.22. The summed E-state index contributed by atoms with van der Waals surface area (Å²) in [5, 5.41) is 1.85. The van der Waals surface area contributed by atoms with Crippen LogP contribution < -0.4 is 10.1 Å². The van der Waals surface area contributed by atoms with Gasteiger partial charge in [0.2, 0.25) is 0 Å². The van der Waals surface area contributed by atoms with Gasteiger partial charge >= 0.3 is 0 Å². The van der Waals surface area contributed by atoms with E-state index in [1.54, 1.807) is 4.40 Å². The van der Waals surface area contributed by atoms with Crippen LogP contribution in [0, 0.1) is 0 Å². The van der Waals surface area contributed by atoms with Crippen molar-refractivity contribution in [2.24, 2.45) is 0 Å². The van der Waals surface area contributed by atoms with Crippen molar-refractivity contribution in [3.8, 4) is 0 Å². The van der Waals surface area contributed by atoms with Crippen molar-refractivity contribution in [2.75, 3.05) is 0 Å². The van der Waals surface area contributed by atoms with Gasteiger partial charge in [0.25, 0.3) is 5.56 Å². The molecule has 0 atom stereocenters. The average Bonchev–Trinajstić information content (AvgIpc) is 3.42. The van der Waals surface area contributed by atoms with Crippen LogP contribution in [0.25, 0.3) is 33.0 Å². The summed E-state index contributed by atoms with van der Waals surface area (Å²) < 4.78 is 4.56. The Morgan fingerprint density at radius 2 is 1.68 bits per heavy atom. The van der Waals surface area contributed by atoms with Gasteiger partial charge in [-0.15, -0.1) is 0 Å². The zero-order chi connectivity index (χ0) is 20.9. The molecule has 3 heterocycles. The summed E-state index contributed by atoms with van der Waals surface area (Å²) >= 11 is 7.81. The summed E-state index contributed by atoms with van der Waals surface area (Å²) in [6.45, 7) is 0.663. The fourth-order valence-electron chi connectivity index (χ4n) is 4.08. The molecule has 3 aromatic carbocycles. The molecule has 0 spiro atoms. The zero-order valence-electron chi connectivity index (χ0n) is 16.3. The highest BCUT2D eigenvalue weighted by molar-refractivity contribution is 7.15. The topological polar surface area (TPSA) is 39.3 Å². The lowest BCUT2D eigenvalue weighted by atomic mass is 10.2. The zero-order valence-corrected chi connectivity index (χ0v) is 17.9. The minimum atomic E-state index is -0.0309. The van der Waals surface area contributed by atoms with Crippen LogP contribution >= 0.6 is 22.9 Å². The molecule has 0 amide bonds. The van der Waals surface area contributed by atoms with Gasteiger partial charge < -0.3 is 4.57 Å². The minimum Gasteiger partial charge on any atom is -0.342 e. The number of para-hydroxylation sites is 3. The van der Waals surface area contributed by atoms with Crippen LogP contribution in [0.2, 0.25) is 5.02 Å². The SMILES string of the molecule is O=c1/c(=C\c2cn(Cc3ccccc3Cl)c3ccccc23)sc2nc3ccccc3n12. The molecule has 0 saturated heterocycles. The van der Waals surface area contributed by atoms with Crippen molar-refractivity contribution in [3.05, 3.63) is 110 Å². The van der Waals surface area contributed by atoms with Gasteiger partial charge in [0, 0.05) is 34.2 Å². The second-order valence-corrected chi connectivity index (χ2v) is 8.87. The van der Waals surface area contributed by atoms with Gasteiger partial charge in [-0.3, -0.25) is 4.79 Å². The Kier molecular flexibility index (Phi) is 4.19. The first kappa shape index (κ1) is 18.4. The first-order chi connectivity index (χ1) is 15.2. The second-order valence-electron chi connectivity index (χ2n) is 7.46. The Balaban J connectivity index is 1.54. The van der Waals surface area contributed by atoms with Gasteiger partial charge in [-0.1, -0.05) is 71.5 Å². The van der Waals surface area contributed by atoms with Gasteiger partial charge in [0.05, 0.1) is 15.6 Å². The summed E-state index contributed by atoms with van der Waals surface area (Å²) in [6, 6.07) is 23.8. The van der Waals surface area contributed by atoms with Crippen molar-refractivity contribution >= 4 is 55.9 Å². The maximum atomic E-state index is 13.2. The maximum Gasteiger partial charge on any atom is 0.274 e. The Morgan fingerprint density at radius 3 is 2.55 bits per heavy atom. The molecule has 150 valence electrons. The van der Waals surface area contributed by atoms with Crippen LogP contribution in [0.4, 0.5) is 0 Å². The van der Waals surface area contributed by atoms with Crippen LogP contribution in [-0.2, 0) is 6.54 Å². The maximum absolute atomic E-state index is 13.2. The summed E-state index contributed by atoms with van der Waals surface area (Å²) in [7, 11) is 0. The van der Waals surface area contributed by atoms with Crippen LogP contribution in [-0.4, -0.2) is 14.0 Å². The van der Waals surface area contributed by atoms with E-state index >= 15 is 0 Å². The van der Waals surface area contributed by atoms with Crippen LogP contribution in [0.3, 0.4) is 0 Å². The van der Waals surface area contributed by atoms with Gasteiger partial charge in [-0.25, -0.2) is 9.38 Å². The smallest absolute Gasteiger partial charge is 0.274 e. The van der Waals surface area contributed by atoms with Crippen molar-refractivity contribution in [2.45, 2.75) is 6.54 Å². The van der Waals surface area contributed by atoms with Crippen molar-refractivity contribution < 1.29 is 0 Å². The van der Waals surface area contributed by atoms with Crippen molar-refractivity contribution in [1.29, 1.82) is 0 Å². The summed E-state index contributed by atoms with van der Waals surface area (Å²) in [6.07, 6.45) is 4.07. The van der Waals surface area contributed by atoms with Crippen molar-refractivity contribution in [1.82, 2.24) is 14.0 Å². The Labute approximate surface area is 186 Å². The average molecular weight is 442 g/mol. The number of rotatable bonds is 3. The predicted molar refractivity (Wildman–Crippen MR) is 128 cm³/mol. The molecule has 0 saturated carbocycles. The van der Waals surface area contributed by atoms with E-state index in [1.807, 2.05) is 66.7 Å². The van der Waals surface area contributed by atoms with E-state index in [0.717, 1.165) is 43.0 Å². The number of imidazole rings is 1. The van der Waals surface area contributed by atoms with E-state index < -0.39 is 0 Å². The van der Waals surface area contributed by atoms with Gasteiger partial charge in [-0.05, 0) is 35.9 Å². The molecule has 6 heteroatoms. The number of aromatic nitrogens is 3. The lowest BCUT2D eigenvalue weighted by Gasteiger charge is -2.07. The Morgan fingerprint density at radius 1 is 0.935 bits per heavy atom. The molecule has 0 aliphatic heterocycles. The first-order valence-corrected chi connectivity index (χ1v) is 11.1. The van der Waals surface area contributed by atoms with E-state index in [1.165, 1.54) is 11.3 Å². The van der Waals surface area contributed by atoms with Gasteiger partial charge in [-0.2, -0.15) is 0 Å². The standard InChI is InChI=1S/C25H16ClN3OS/c26-19-9-3-1-7-16(19)14-28-15-17(18-8-2-5-11-21(18)28)13-23-24(30)29-22-12-6-4-10-20(22)27-25(29)31-23/h1-13,15H,14H2/b23-13+. The molecule has 0 unspecified atom stereocenters. The molecular weight excluding hydrogens is 426 g/mol. The predicted octanol–water partition coefficient (Wildman–Crippen LogP) is 5.11. The summed E-state index contributed by atoms with van der Waals surface area (Å²) in [5.41, 5.74) is 4.83. The van der Waals surface area contributed by atoms with Crippen LogP contribution in [0.1, 0.15) is 11.1 Å². The van der Waals surface area contributed by atoms with Gasteiger partial charge in [0.1, 0.15) is 0 Å². The molecule has 3 aromatic heterocycles. The molecule has 0 fully saturated rings. The Bertz CT molecular complexity index is 1710. The third-order valence-electron chi connectivity index (χ3n) is 5.55. The summed E-state index contributed by atoms with van der Waals surface area (Å²) in [5.74, 6) is 0. The van der Waals surface area contributed by atoms with E-state index in [9.17, 15) is 4.79 Å². The highest BCUT2D eigenvalue weighted by Gasteiger charge is 2.12. The molecule has 0 bridgehead atoms. The Hall–Kier alpha value is -3.41. The summed E-state index contributed by atoms with van der Waals surface area (Å²) in [4.78, 5) is 18.5. The van der Waals surface area contributed by atoms with E-state index in [4.69, 9.17) is 11.6 Å². The number of thiazole rings is 1. The fourth-order valence-corrected chi connectivity index (χ4v) is 5.26. The van der Waals surface area contributed by atoms with Crippen LogP contribution in [0.15, 0.2) is 83.8 Å². The molecule has 0 N–H and O–H groups in total. The number of benzene rings is 3. The molecule has 4 nitrogen and oxygen atoms in total. The van der Waals surface area contributed by atoms with Gasteiger partial charge in [0.15, 0.2) is 4.96 Å². The number of halogens is 1. The normalized spacial score (nSPS) is 12.5. The third-order valence-corrected chi connectivity index (χ3v) is 6.89. The van der Waals surface area contributed by atoms with Crippen LogP contribution in [0.5, 0.6) is 0 Å². The molecule has 6 rings (SSSR count). The second kappa shape index (κ2) is 7.08. The minimum absolute atomic E-state index is 0.0309. The molecule has 31 heavy (non-hydrogen) atoms. The quantitative estimate of drug-likeness (QED) is 0.382. The number of nitrogens with zero attached hydrogens (tertiary/aromatic N) is 3. The van der Waals surface area contributed by atoms with E-state index in [-0.39, 0.29) is 5.56 Å². The molecule has 6 aromatic rings. The molecular formula is C25H16ClN3OS. The monoisotopic (exact) mass is 441 g/mol. The highest BCUT2D eigenvalue weighted by Crippen LogP contribution is 2.25.